The standard InChI is InChI=1S/C11H9F3N4O2S/c12-11(13,14)20-7-1-2-8(19)6(3-7)4-16-18-10-17-9(15)5-21-10/h1-5,19H,15H2,(H,17,18). The molecule has 0 atom stereocenters. The van der Waals surface area contributed by atoms with E-state index in [4.69, 9.17) is 5.73 Å². The first-order valence-electron chi connectivity index (χ1n) is 5.42. The number of anilines is 2. The lowest BCUT2D eigenvalue weighted by molar-refractivity contribution is -0.274. The van der Waals surface area contributed by atoms with Crippen molar-refractivity contribution >= 4 is 28.5 Å². The molecule has 2 aromatic rings. The summed E-state index contributed by atoms with van der Waals surface area (Å²) >= 11 is 1.20. The molecule has 0 unspecified atom stereocenters. The van der Waals surface area contributed by atoms with Crippen LogP contribution in [0.3, 0.4) is 0 Å². The van der Waals surface area contributed by atoms with Gasteiger partial charge in [-0.25, -0.2) is 4.98 Å². The van der Waals surface area contributed by atoms with Gasteiger partial charge in [0.2, 0.25) is 5.13 Å². The number of aromatic nitrogens is 1. The Kier molecular flexibility index (Phi) is 4.17. The number of nitrogens with one attached hydrogen (secondary N) is 1. The van der Waals surface area contributed by atoms with Crippen LogP contribution in [-0.4, -0.2) is 22.7 Å². The number of nitrogens with zero attached hydrogens (tertiary/aromatic N) is 2. The fraction of sp³-hybridized carbons (Fsp3) is 0.0909. The molecule has 0 fully saturated rings. The third kappa shape index (κ3) is 4.53. The van der Waals surface area contributed by atoms with Crippen LogP contribution < -0.4 is 15.9 Å². The first-order chi connectivity index (χ1) is 9.83. The fourth-order valence-corrected chi connectivity index (χ4v) is 1.88. The van der Waals surface area contributed by atoms with Crippen LogP contribution in [0.15, 0.2) is 28.7 Å². The molecule has 0 saturated carbocycles. The van der Waals surface area contributed by atoms with Crippen LogP contribution in [0.2, 0.25) is 0 Å². The molecule has 4 N–H and O–H groups in total. The van der Waals surface area contributed by atoms with E-state index in [-0.39, 0.29) is 11.3 Å². The van der Waals surface area contributed by atoms with Crippen molar-refractivity contribution in [1.82, 2.24) is 4.98 Å². The molecule has 21 heavy (non-hydrogen) atoms. The van der Waals surface area contributed by atoms with E-state index >= 15 is 0 Å². The predicted octanol–water partition coefficient (Wildman–Crippen LogP) is 2.78. The minimum absolute atomic E-state index is 0.0498. The first kappa shape index (κ1) is 14.9. The minimum atomic E-state index is -4.80. The number of halogens is 3. The molecule has 2 rings (SSSR count). The van der Waals surface area contributed by atoms with Crippen molar-refractivity contribution in [3.8, 4) is 11.5 Å². The van der Waals surface area contributed by atoms with Crippen molar-refractivity contribution in [3.05, 3.63) is 29.1 Å². The van der Waals surface area contributed by atoms with Gasteiger partial charge in [0.05, 0.1) is 6.21 Å². The fourth-order valence-electron chi connectivity index (χ4n) is 1.33. The molecule has 0 aliphatic rings. The summed E-state index contributed by atoms with van der Waals surface area (Å²) in [4.78, 5) is 3.87. The molecule has 6 nitrogen and oxygen atoms in total. The number of nitrogen functional groups attached to an aromatic ring is 1. The number of benzene rings is 1. The van der Waals surface area contributed by atoms with E-state index in [1.165, 1.54) is 11.3 Å². The van der Waals surface area contributed by atoms with Crippen molar-refractivity contribution in [2.45, 2.75) is 6.36 Å². The molecule has 0 aliphatic carbocycles. The van der Waals surface area contributed by atoms with Crippen LogP contribution in [0.25, 0.3) is 0 Å². The van der Waals surface area contributed by atoms with Crippen LogP contribution >= 0.6 is 11.3 Å². The highest BCUT2D eigenvalue weighted by molar-refractivity contribution is 7.14. The van der Waals surface area contributed by atoms with E-state index in [0.29, 0.717) is 10.9 Å². The largest absolute Gasteiger partial charge is 0.573 e. The van der Waals surface area contributed by atoms with Gasteiger partial charge in [-0.2, -0.15) is 5.10 Å². The highest BCUT2D eigenvalue weighted by Gasteiger charge is 2.31. The summed E-state index contributed by atoms with van der Waals surface area (Å²) < 4.78 is 40.0. The number of phenols is 1. The monoisotopic (exact) mass is 318 g/mol. The quantitative estimate of drug-likeness (QED) is 0.595. The van der Waals surface area contributed by atoms with Crippen molar-refractivity contribution < 1.29 is 23.0 Å². The Hall–Kier alpha value is -2.49. The zero-order valence-corrected chi connectivity index (χ0v) is 11.1. The van der Waals surface area contributed by atoms with Gasteiger partial charge in [-0.1, -0.05) is 0 Å². The maximum atomic E-state index is 12.1. The normalized spacial score (nSPS) is 11.8. The van der Waals surface area contributed by atoms with Crippen LogP contribution in [0.4, 0.5) is 24.1 Å². The molecule has 0 aliphatic heterocycles. The van der Waals surface area contributed by atoms with Crippen molar-refractivity contribution in [1.29, 1.82) is 0 Å². The Bertz CT molecular complexity index is 657. The average Bonchev–Trinajstić information content (AvgIpc) is 2.77. The number of ether oxygens (including phenoxy) is 1. The zero-order valence-electron chi connectivity index (χ0n) is 10.3. The second-order valence-electron chi connectivity index (χ2n) is 3.72. The molecule has 10 heteroatoms. The second kappa shape index (κ2) is 5.87. The number of nitrogens with two attached hydrogens (primary N) is 1. The number of hydrogen-bond acceptors (Lipinski definition) is 7. The number of aromatic hydroxyl groups is 1. The molecule has 1 heterocycles. The van der Waals surface area contributed by atoms with Gasteiger partial charge in [-0.05, 0) is 18.2 Å². The Balaban J connectivity index is 2.09. The number of hydrogen-bond donors (Lipinski definition) is 3. The van der Waals surface area contributed by atoms with Gasteiger partial charge < -0.3 is 15.6 Å². The Morgan fingerprint density at radius 2 is 2.19 bits per heavy atom. The smallest absolute Gasteiger partial charge is 0.507 e. The van der Waals surface area contributed by atoms with Gasteiger partial charge in [0.25, 0.3) is 0 Å². The number of hydrazone groups is 1. The van der Waals surface area contributed by atoms with Gasteiger partial charge in [-0.3, -0.25) is 5.43 Å². The SMILES string of the molecule is Nc1csc(NN=Cc2cc(OC(F)(F)F)ccc2O)n1. The van der Waals surface area contributed by atoms with Gasteiger partial charge in [-0.15, -0.1) is 24.5 Å². The molecule has 0 spiro atoms. The molecular weight excluding hydrogens is 309 g/mol. The second-order valence-corrected chi connectivity index (χ2v) is 4.57. The highest BCUT2D eigenvalue weighted by atomic mass is 32.1. The van der Waals surface area contributed by atoms with E-state index in [0.717, 1.165) is 24.4 Å². The van der Waals surface area contributed by atoms with Crippen LogP contribution in [0.5, 0.6) is 11.5 Å². The van der Waals surface area contributed by atoms with Gasteiger partial charge in [0.15, 0.2) is 0 Å². The summed E-state index contributed by atoms with van der Waals surface area (Å²) in [7, 11) is 0. The maximum Gasteiger partial charge on any atom is 0.573 e. The first-order valence-corrected chi connectivity index (χ1v) is 6.30. The van der Waals surface area contributed by atoms with Crippen molar-refractivity contribution in [2.24, 2.45) is 5.10 Å². The van der Waals surface area contributed by atoms with Crippen LogP contribution in [-0.2, 0) is 0 Å². The summed E-state index contributed by atoms with van der Waals surface area (Å²) in [5, 5.41) is 15.3. The molecular formula is C11H9F3N4O2S. The third-order valence-electron chi connectivity index (χ3n) is 2.12. The number of rotatable bonds is 4. The summed E-state index contributed by atoms with van der Waals surface area (Å²) in [5.74, 6) is -0.380. The molecule has 0 radical (unpaired) electrons. The lowest BCUT2D eigenvalue weighted by atomic mass is 10.2. The van der Waals surface area contributed by atoms with E-state index in [1.54, 1.807) is 5.38 Å². The van der Waals surface area contributed by atoms with E-state index in [1.807, 2.05) is 0 Å². The maximum absolute atomic E-state index is 12.1. The summed E-state index contributed by atoms with van der Waals surface area (Å²) in [6, 6.07) is 3.07. The Morgan fingerprint density at radius 3 is 2.81 bits per heavy atom. The molecule has 1 aromatic heterocycles. The third-order valence-corrected chi connectivity index (χ3v) is 2.88. The highest BCUT2D eigenvalue weighted by Crippen LogP contribution is 2.27. The number of phenolic OH excluding ortho intramolecular Hbond substituents is 1. The molecule has 0 amide bonds. The number of thiazole rings is 1. The lowest BCUT2D eigenvalue weighted by Crippen LogP contribution is -2.17. The van der Waals surface area contributed by atoms with Gasteiger partial charge in [0.1, 0.15) is 17.3 Å². The topological polar surface area (TPSA) is 92.8 Å². The van der Waals surface area contributed by atoms with E-state index in [9.17, 15) is 18.3 Å². The molecule has 112 valence electrons. The van der Waals surface area contributed by atoms with Crippen LogP contribution in [0.1, 0.15) is 5.56 Å². The van der Waals surface area contributed by atoms with Gasteiger partial charge in [0, 0.05) is 10.9 Å². The number of alkyl halides is 3. The Morgan fingerprint density at radius 1 is 1.43 bits per heavy atom. The summed E-state index contributed by atoms with van der Waals surface area (Å²) in [6.45, 7) is 0. The Labute approximate surface area is 120 Å². The minimum Gasteiger partial charge on any atom is -0.507 e. The zero-order chi connectivity index (χ0) is 15.5. The molecule has 1 aromatic carbocycles. The van der Waals surface area contributed by atoms with Gasteiger partial charge >= 0.3 is 6.36 Å². The molecule has 0 bridgehead atoms. The summed E-state index contributed by atoms with van der Waals surface area (Å²) in [5.41, 5.74) is 7.99. The van der Waals surface area contributed by atoms with Crippen LogP contribution in [0, 0.1) is 0 Å². The van der Waals surface area contributed by atoms with E-state index in [2.05, 4.69) is 20.2 Å². The van der Waals surface area contributed by atoms with Crippen molar-refractivity contribution in [3.63, 3.8) is 0 Å². The van der Waals surface area contributed by atoms with Crippen molar-refractivity contribution in [2.75, 3.05) is 11.2 Å². The van der Waals surface area contributed by atoms with E-state index < -0.39 is 12.1 Å². The lowest BCUT2D eigenvalue weighted by Gasteiger charge is -2.09. The predicted molar refractivity (Wildman–Crippen MR) is 72.5 cm³/mol. The summed E-state index contributed by atoms with van der Waals surface area (Å²) in [6.07, 6.45) is -3.67. The average molecular weight is 318 g/mol. The molecule has 0 saturated heterocycles.